The summed E-state index contributed by atoms with van der Waals surface area (Å²) in [6, 6.07) is 6.64. The zero-order chi connectivity index (χ0) is 23.5. The van der Waals surface area contributed by atoms with Crippen molar-refractivity contribution in [3.63, 3.8) is 0 Å². The van der Waals surface area contributed by atoms with Crippen LogP contribution in [0.4, 0.5) is 0 Å². The molecule has 5 atom stereocenters. The Morgan fingerprint density at radius 3 is 2.67 bits per heavy atom. The van der Waals surface area contributed by atoms with Gasteiger partial charge in [0.05, 0.1) is 11.6 Å². The average molecular weight is 454 g/mol. The van der Waals surface area contributed by atoms with E-state index >= 15 is 0 Å². The SMILES string of the molecule is CC1(C)C[C@@H](O)C[C@@H](NC(=O)[C@@H]2C[C@H]3C[C@H]3N2C(=O)Cn2nc(C(N)=O)c3ccccc32)C1. The lowest BCUT2D eigenvalue weighted by atomic mass is 9.73. The van der Waals surface area contributed by atoms with Crippen LogP contribution < -0.4 is 11.1 Å². The maximum atomic E-state index is 13.4. The third-order valence-electron chi connectivity index (χ3n) is 7.36. The Labute approximate surface area is 192 Å². The quantitative estimate of drug-likeness (QED) is 0.626. The first kappa shape index (κ1) is 21.9. The van der Waals surface area contributed by atoms with E-state index in [9.17, 15) is 19.5 Å². The number of rotatable bonds is 5. The van der Waals surface area contributed by atoms with Crippen LogP contribution in [0, 0.1) is 11.3 Å². The number of primary amides is 1. The molecule has 0 spiro atoms. The van der Waals surface area contributed by atoms with Crippen molar-refractivity contribution < 1.29 is 19.5 Å². The molecule has 0 bridgehead atoms. The molecular weight excluding hydrogens is 422 g/mol. The number of fused-ring (bicyclic) bond motifs is 2. The van der Waals surface area contributed by atoms with Crippen LogP contribution in [-0.2, 0) is 16.1 Å². The summed E-state index contributed by atoms with van der Waals surface area (Å²) in [7, 11) is 0. The van der Waals surface area contributed by atoms with Gasteiger partial charge in [0.25, 0.3) is 5.91 Å². The molecule has 3 amide bonds. The first-order valence-corrected chi connectivity index (χ1v) is 11.7. The second-order valence-corrected chi connectivity index (χ2v) is 10.7. The summed E-state index contributed by atoms with van der Waals surface area (Å²) < 4.78 is 1.50. The number of hydrogen-bond donors (Lipinski definition) is 3. The summed E-state index contributed by atoms with van der Waals surface area (Å²) in [5.74, 6) is -0.619. The lowest BCUT2D eigenvalue weighted by molar-refractivity contribution is -0.141. The molecule has 2 aromatic rings. The van der Waals surface area contributed by atoms with Gasteiger partial charge in [-0.2, -0.15) is 5.10 Å². The van der Waals surface area contributed by atoms with Crippen LogP contribution in [0.15, 0.2) is 24.3 Å². The zero-order valence-corrected chi connectivity index (χ0v) is 19.0. The molecule has 1 saturated heterocycles. The standard InChI is InChI=1S/C24H31N5O4/c1-24(2)10-14(9-15(30)11-24)26-23(33)19-8-13-7-18(13)29(19)20(31)12-28-17-6-4-3-5-16(17)21(27-28)22(25)32/h3-6,13-15,18-19,30H,7-12H2,1-2H3,(H2,25,32)(H,26,33)/t13-,14-,15+,18-,19+/m1/s1. The van der Waals surface area contributed by atoms with Gasteiger partial charge in [-0.15, -0.1) is 0 Å². The zero-order valence-electron chi connectivity index (χ0n) is 19.0. The average Bonchev–Trinajstić information content (AvgIpc) is 3.22. The number of aliphatic hydroxyl groups excluding tert-OH is 1. The van der Waals surface area contributed by atoms with Crippen LogP contribution in [0.25, 0.3) is 10.9 Å². The fourth-order valence-electron chi connectivity index (χ4n) is 5.98. The smallest absolute Gasteiger partial charge is 0.269 e. The minimum atomic E-state index is -0.643. The molecule has 9 heteroatoms. The van der Waals surface area contributed by atoms with E-state index in [1.807, 2.05) is 6.07 Å². The van der Waals surface area contributed by atoms with E-state index in [-0.39, 0.29) is 41.6 Å². The summed E-state index contributed by atoms with van der Waals surface area (Å²) in [5, 5.41) is 18.2. The van der Waals surface area contributed by atoms with Crippen LogP contribution in [0.5, 0.6) is 0 Å². The molecule has 9 nitrogen and oxygen atoms in total. The van der Waals surface area contributed by atoms with Crippen LogP contribution in [-0.4, -0.2) is 61.7 Å². The Morgan fingerprint density at radius 2 is 1.94 bits per heavy atom. The highest BCUT2D eigenvalue weighted by Gasteiger charge is 2.56. The Balaban J connectivity index is 1.33. The molecule has 1 aromatic carbocycles. The highest BCUT2D eigenvalue weighted by Crippen LogP contribution is 2.48. The molecule has 2 heterocycles. The minimum absolute atomic E-state index is 0.0395. The van der Waals surface area contributed by atoms with Gasteiger partial charge in [0.1, 0.15) is 12.6 Å². The number of nitrogens with zero attached hydrogens (tertiary/aromatic N) is 3. The van der Waals surface area contributed by atoms with Gasteiger partial charge in [0.15, 0.2) is 5.69 Å². The van der Waals surface area contributed by atoms with Gasteiger partial charge in [-0.3, -0.25) is 19.1 Å². The Kier molecular flexibility index (Phi) is 5.19. The normalized spacial score (nSPS) is 30.2. The molecule has 0 radical (unpaired) electrons. The van der Waals surface area contributed by atoms with Crippen molar-refractivity contribution in [3.8, 4) is 0 Å². The summed E-state index contributed by atoms with van der Waals surface area (Å²) in [6.07, 6.45) is 3.21. The van der Waals surface area contributed by atoms with Crippen LogP contribution in [0.3, 0.4) is 0 Å². The van der Waals surface area contributed by atoms with Crippen molar-refractivity contribution in [3.05, 3.63) is 30.0 Å². The topological polar surface area (TPSA) is 131 Å². The number of hydrogen-bond acceptors (Lipinski definition) is 5. The molecule has 3 fully saturated rings. The van der Waals surface area contributed by atoms with Crippen molar-refractivity contribution in [2.45, 2.75) is 76.7 Å². The van der Waals surface area contributed by atoms with E-state index in [0.29, 0.717) is 29.7 Å². The predicted octanol–water partition coefficient (Wildman–Crippen LogP) is 1.18. The number of nitrogens with two attached hydrogens (primary N) is 1. The Hall–Kier alpha value is -2.94. The molecule has 2 aliphatic carbocycles. The fourth-order valence-corrected chi connectivity index (χ4v) is 5.98. The maximum Gasteiger partial charge on any atom is 0.269 e. The van der Waals surface area contributed by atoms with Gasteiger partial charge in [0.2, 0.25) is 11.8 Å². The van der Waals surface area contributed by atoms with E-state index in [1.54, 1.807) is 23.1 Å². The van der Waals surface area contributed by atoms with Gasteiger partial charge in [0, 0.05) is 17.5 Å². The van der Waals surface area contributed by atoms with Crippen LogP contribution >= 0.6 is 0 Å². The van der Waals surface area contributed by atoms with E-state index in [0.717, 1.165) is 19.3 Å². The number of para-hydroxylation sites is 1. The number of piperidine rings is 1. The number of amides is 3. The molecule has 176 valence electrons. The van der Waals surface area contributed by atoms with Crippen molar-refractivity contribution in [1.82, 2.24) is 20.0 Å². The van der Waals surface area contributed by atoms with Crippen LogP contribution in [0.2, 0.25) is 0 Å². The summed E-state index contributed by atoms with van der Waals surface area (Å²) >= 11 is 0. The Bertz CT molecular complexity index is 1130. The summed E-state index contributed by atoms with van der Waals surface area (Å²) in [4.78, 5) is 40.1. The molecule has 33 heavy (non-hydrogen) atoms. The fraction of sp³-hybridized carbons (Fsp3) is 0.583. The number of aliphatic hydroxyl groups is 1. The summed E-state index contributed by atoms with van der Waals surface area (Å²) in [5.41, 5.74) is 6.23. The van der Waals surface area contributed by atoms with Crippen molar-refractivity contribution in [2.24, 2.45) is 17.1 Å². The number of likely N-dealkylation sites (tertiary alicyclic amines) is 1. The third kappa shape index (κ3) is 4.10. The van der Waals surface area contributed by atoms with E-state index < -0.39 is 18.1 Å². The van der Waals surface area contributed by atoms with Crippen molar-refractivity contribution in [1.29, 1.82) is 0 Å². The first-order chi connectivity index (χ1) is 15.6. The first-order valence-electron chi connectivity index (χ1n) is 11.7. The number of nitrogens with one attached hydrogen (secondary N) is 1. The molecule has 0 unspecified atom stereocenters. The van der Waals surface area contributed by atoms with Gasteiger partial charge in [-0.25, -0.2) is 0 Å². The van der Waals surface area contributed by atoms with Crippen molar-refractivity contribution in [2.75, 3.05) is 0 Å². The second kappa shape index (κ2) is 7.83. The van der Waals surface area contributed by atoms with Gasteiger partial charge >= 0.3 is 0 Å². The number of aromatic nitrogens is 2. The van der Waals surface area contributed by atoms with Gasteiger partial charge < -0.3 is 21.1 Å². The minimum Gasteiger partial charge on any atom is -0.393 e. The van der Waals surface area contributed by atoms with Gasteiger partial charge in [-0.05, 0) is 49.5 Å². The number of benzene rings is 1. The molecule has 3 aliphatic rings. The maximum absolute atomic E-state index is 13.4. The third-order valence-corrected chi connectivity index (χ3v) is 7.36. The van der Waals surface area contributed by atoms with E-state index in [4.69, 9.17) is 5.73 Å². The lowest BCUT2D eigenvalue weighted by Gasteiger charge is -2.39. The molecule has 1 aliphatic heterocycles. The highest BCUT2D eigenvalue weighted by molar-refractivity contribution is 6.04. The number of carbonyl (C=O) groups is 3. The molecule has 4 N–H and O–H groups in total. The monoisotopic (exact) mass is 453 g/mol. The van der Waals surface area contributed by atoms with Crippen molar-refractivity contribution >= 4 is 28.6 Å². The summed E-state index contributed by atoms with van der Waals surface area (Å²) in [6.45, 7) is 4.14. The van der Waals surface area contributed by atoms with E-state index in [1.165, 1.54) is 4.68 Å². The largest absolute Gasteiger partial charge is 0.393 e. The predicted molar refractivity (Wildman–Crippen MR) is 121 cm³/mol. The van der Waals surface area contributed by atoms with E-state index in [2.05, 4.69) is 24.3 Å². The molecule has 5 rings (SSSR count). The molecular formula is C24H31N5O4. The molecule has 1 aromatic heterocycles. The second-order valence-electron chi connectivity index (χ2n) is 10.7. The highest BCUT2D eigenvalue weighted by atomic mass is 16.3. The number of carbonyl (C=O) groups excluding carboxylic acids is 3. The Morgan fingerprint density at radius 1 is 1.18 bits per heavy atom. The van der Waals surface area contributed by atoms with Crippen LogP contribution in [0.1, 0.15) is 56.4 Å². The van der Waals surface area contributed by atoms with Gasteiger partial charge in [-0.1, -0.05) is 32.0 Å². The lowest BCUT2D eigenvalue weighted by Crippen LogP contribution is -2.53. The molecule has 2 saturated carbocycles.